The zero-order valence-corrected chi connectivity index (χ0v) is 12.6. The van der Waals surface area contributed by atoms with Crippen LogP contribution in [0.4, 0.5) is 13.2 Å². The molecule has 0 aliphatic carbocycles. The molecule has 7 heteroatoms. The average Bonchev–Trinajstić information content (AvgIpc) is 2.52. The molecule has 2 aromatic rings. The molecule has 0 bridgehead atoms. The van der Waals surface area contributed by atoms with E-state index in [1.165, 1.54) is 12.1 Å². The first-order valence-electron chi connectivity index (χ1n) is 7.12. The molecule has 4 N–H and O–H groups in total. The van der Waals surface area contributed by atoms with Crippen LogP contribution < -0.4 is 11.5 Å². The summed E-state index contributed by atoms with van der Waals surface area (Å²) in [5.41, 5.74) is 11.0. The fourth-order valence-electron chi connectivity index (χ4n) is 2.30. The number of carbonyl (C=O) groups is 1. The van der Waals surface area contributed by atoms with Gasteiger partial charge in [0.15, 0.2) is 5.96 Å². The summed E-state index contributed by atoms with van der Waals surface area (Å²) in [5, 5.41) is 0. The largest absolute Gasteiger partial charge is 0.416 e. The van der Waals surface area contributed by atoms with Gasteiger partial charge in [-0.25, -0.2) is 0 Å². The summed E-state index contributed by atoms with van der Waals surface area (Å²) < 4.78 is 37.9. The Morgan fingerprint density at radius 3 is 2.08 bits per heavy atom. The number of amides is 1. The molecule has 0 heterocycles. The van der Waals surface area contributed by atoms with Gasteiger partial charge in [0.2, 0.25) is 0 Å². The quantitative estimate of drug-likeness (QED) is 0.666. The van der Waals surface area contributed by atoms with E-state index >= 15 is 0 Å². The molecule has 0 aromatic heterocycles. The molecule has 0 spiro atoms. The lowest BCUT2D eigenvalue weighted by molar-refractivity contribution is -0.137. The third-order valence-corrected chi connectivity index (χ3v) is 3.46. The van der Waals surface area contributed by atoms with E-state index in [0.717, 1.165) is 12.1 Å². The van der Waals surface area contributed by atoms with E-state index in [4.69, 9.17) is 11.5 Å². The minimum Gasteiger partial charge on any atom is -0.370 e. The Labute approximate surface area is 137 Å². The van der Waals surface area contributed by atoms with Gasteiger partial charge in [-0.3, -0.25) is 4.79 Å². The van der Waals surface area contributed by atoms with Gasteiger partial charge in [-0.2, -0.15) is 18.2 Å². The zero-order valence-electron chi connectivity index (χ0n) is 12.6. The smallest absolute Gasteiger partial charge is 0.370 e. The minimum atomic E-state index is -4.40. The Morgan fingerprint density at radius 2 is 1.58 bits per heavy atom. The van der Waals surface area contributed by atoms with Crippen molar-refractivity contribution in [3.05, 3.63) is 71.3 Å². The Morgan fingerprint density at radius 1 is 1.00 bits per heavy atom. The first kappa shape index (κ1) is 17.5. The van der Waals surface area contributed by atoms with Crippen LogP contribution in [-0.2, 0) is 17.4 Å². The molecule has 0 aliphatic rings. The molecule has 0 aliphatic heterocycles. The van der Waals surface area contributed by atoms with Crippen molar-refractivity contribution in [3.8, 4) is 0 Å². The molecule has 4 nitrogen and oxygen atoms in total. The van der Waals surface area contributed by atoms with Crippen LogP contribution >= 0.6 is 0 Å². The van der Waals surface area contributed by atoms with Gasteiger partial charge in [0.05, 0.1) is 11.5 Å². The van der Waals surface area contributed by atoms with Crippen LogP contribution in [0, 0.1) is 0 Å². The first-order chi connectivity index (χ1) is 11.3. The number of halogens is 3. The highest BCUT2D eigenvalue weighted by atomic mass is 19.4. The van der Waals surface area contributed by atoms with Crippen LogP contribution in [0.15, 0.2) is 59.6 Å². The van der Waals surface area contributed by atoms with E-state index < -0.39 is 23.6 Å². The third kappa shape index (κ3) is 4.58. The number of hydrogen-bond acceptors (Lipinski definition) is 1. The lowest BCUT2D eigenvalue weighted by atomic mass is 9.91. The van der Waals surface area contributed by atoms with Crippen molar-refractivity contribution >= 4 is 11.9 Å². The number of alkyl halides is 3. The zero-order chi connectivity index (χ0) is 17.7. The van der Waals surface area contributed by atoms with Crippen molar-refractivity contribution in [1.29, 1.82) is 0 Å². The van der Waals surface area contributed by atoms with Crippen molar-refractivity contribution in [3.63, 3.8) is 0 Å². The summed E-state index contributed by atoms with van der Waals surface area (Å²) in [6, 6.07) is 13.5. The Bertz CT molecular complexity index is 721. The van der Waals surface area contributed by atoms with Gasteiger partial charge in [-0.15, -0.1) is 0 Å². The maximum Gasteiger partial charge on any atom is 0.416 e. The number of guanidine groups is 1. The van der Waals surface area contributed by atoms with Crippen molar-refractivity contribution in [2.45, 2.75) is 18.5 Å². The molecule has 2 rings (SSSR count). The third-order valence-electron chi connectivity index (χ3n) is 3.46. The predicted molar refractivity (Wildman–Crippen MR) is 85.1 cm³/mol. The van der Waals surface area contributed by atoms with Crippen LogP contribution in [0.1, 0.15) is 22.6 Å². The number of aliphatic imine (C=N–C) groups is 1. The topological polar surface area (TPSA) is 81.5 Å². The standard InChI is InChI=1S/C17H16F3N3O/c18-17(19,20)13-8-6-11(7-9-13)10-14(15(24)23-16(21)22)12-4-2-1-3-5-12/h1-9,14H,10H2,(H4,21,22,23,24). The molecule has 1 unspecified atom stereocenters. The van der Waals surface area contributed by atoms with Crippen LogP contribution in [-0.4, -0.2) is 11.9 Å². The van der Waals surface area contributed by atoms with Crippen LogP contribution in [0.2, 0.25) is 0 Å². The van der Waals surface area contributed by atoms with E-state index in [2.05, 4.69) is 4.99 Å². The SMILES string of the molecule is NC(N)=NC(=O)C(Cc1ccc(C(F)(F)F)cc1)c1ccccc1. The number of carbonyl (C=O) groups excluding carboxylic acids is 1. The van der Waals surface area contributed by atoms with Gasteiger partial charge in [0.1, 0.15) is 0 Å². The van der Waals surface area contributed by atoms with E-state index in [1.807, 2.05) is 0 Å². The van der Waals surface area contributed by atoms with Crippen molar-refractivity contribution < 1.29 is 18.0 Å². The number of nitrogens with two attached hydrogens (primary N) is 2. The Balaban J connectivity index is 2.29. The summed E-state index contributed by atoms with van der Waals surface area (Å²) in [6.45, 7) is 0. The maximum atomic E-state index is 12.6. The van der Waals surface area contributed by atoms with E-state index in [9.17, 15) is 18.0 Å². The molecule has 0 fully saturated rings. The lowest BCUT2D eigenvalue weighted by Gasteiger charge is -2.15. The second-order valence-corrected chi connectivity index (χ2v) is 5.24. The number of benzene rings is 2. The molecule has 0 saturated carbocycles. The summed E-state index contributed by atoms with van der Waals surface area (Å²) >= 11 is 0. The molecular formula is C17H16F3N3O. The Hall–Kier alpha value is -2.83. The van der Waals surface area contributed by atoms with Gasteiger partial charge in [-0.05, 0) is 29.7 Å². The lowest BCUT2D eigenvalue weighted by Crippen LogP contribution is -2.26. The molecule has 2 aromatic carbocycles. The molecule has 0 radical (unpaired) electrons. The van der Waals surface area contributed by atoms with Gasteiger partial charge >= 0.3 is 6.18 Å². The van der Waals surface area contributed by atoms with E-state index in [0.29, 0.717) is 11.1 Å². The molecule has 0 saturated heterocycles. The number of hydrogen-bond donors (Lipinski definition) is 2. The summed E-state index contributed by atoms with van der Waals surface area (Å²) in [5.74, 6) is -1.57. The van der Waals surface area contributed by atoms with Crippen molar-refractivity contribution in [2.24, 2.45) is 16.5 Å². The van der Waals surface area contributed by atoms with Gasteiger partial charge in [0, 0.05) is 0 Å². The molecule has 1 atom stereocenters. The van der Waals surface area contributed by atoms with Crippen molar-refractivity contribution in [2.75, 3.05) is 0 Å². The highest BCUT2D eigenvalue weighted by Crippen LogP contribution is 2.30. The fourth-order valence-corrected chi connectivity index (χ4v) is 2.30. The molecule has 1 amide bonds. The highest BCUT2D eigenvalue weighted by Gasteiger charge is 2.30. The van der Waals surface area contributed by atoms with E-state index in [1.54, 1.807) is 30.3 Å². The molecular weight excluding hydrogens is 319 g/mol. The second-order valence-electron chi connectivity index (χ2n) is 5.24. The summed E-state index contributed by atoms with van der Waals surface area (Å²) in [4.78, 5) is 15.8. The van der Waals surface area contributed by atoms with Crippen LogP contribution in [0.25, 0.3) is 0 Å². The summed E-state index contributed by atoms with van der Waals surface area (Å²) in [6.07, 6.45) is -4.21. The fraction of sp³-hybridized carbons (Fsp3) is 0.176. The van der Waals surface area contributed by atoms with Gasteiger partial charge < -0.3 is 11.5 Å². The monoisotopic (exact) mass is 335 g/mol. The predicted octanol–water partition coefficient (Wildman–Crippen LogP) is 2.83. The average molecular weight is 335 g/mol. The van der Waals surface area contributed by atoms with Crippen LogP contribution in [0.3, 0.4) is 0 Å². The summed E-state index contributed by atoms with van der Waals surface area (Å²) in [7, 11) is 0. The first-order valence-corrected chi connectivity index (χ1v) is 7.12. The molecule has 24 heavy (non-hydrogen) atoms. The number of rotatable bonds is 4. The highest BCUT2D eigenvalue weighted by molar-refractivity contribution is 5.95. The van der Waals surface area contributed by atoms with Gasteiger partial charge in [0.25, 0.3) is 5.91 Å². The van der Waals surface area contributed by atoms with Gasteiger partial charge in [-0.1, -0.05) is 42.5 Å². The number of nitrogens with zero attached hydrogens (tertiary/aromatic N) is 1. The van der Waals surface area contributed by atoms with E-state index in [-0.39, 0.29) is 12.4 Å². The van der Waals surface area contributed by atoms with Crippen LogP contribution in [0.5, 0.6) is 0 Å². The normalized spacial score (nSPS) is 12.5. The minimum absolute atomic E-state index is 0.192. The molecule has 126 valence electrons. The van der Waals surface area contributed by atoms with Crippen molar-refractivity contribution in [1.82, 2.24) is 0 Å². The Kier molecular flexibility index (Phi) is 5.23. The second kappa shape index (κ2) is 7.16. The maximum absolute atomic E-state index is 12.6.